The average molecular weight is 321 g/mol. The van der Waals surface area contributed by atoms with Crippen LogP contribution in [0.5, 0.6) is 0 Å². The van der Waals surface area contributed by atoms with Crippen molar-refractivity contribution >= 4 is 38.9 Å². The van der Waals surface area contributed by atoms with Gasteiger partial charge in [0.1, 0.15) is 4.90 Å². The first-order chi connectivity index (χ1) is 8.90. The molecular formula is C10H10Cl2N4O2S. The lowest BCUT2D eigenvalue weighted by molar-refractivity contribution is 0.582. The van der Waals surface area contributed by atoms with Crippen LogP contribution in [0.25, 0.3) is 0 Å². The van der Waals surface area contributed by atoms with Crippen molar-refractivity contribution in [1.82, 2.24) is 14.9 Å². The van der Waals surface area contributed by atoms with Gasteiger partial charge in [0.25, 0.3) is 0 Å². The highest BCUT2D eigenvalue weighted by molar-refractivity contribution is 7.89. The van der Waals surface area contributed by atoms with E-state index in [1.807, 2.05) is 0 Å². The highest BCUT2D eigenvalue weighted by atomic mass is 35.5. The number of halogens is 2. The van der Waals surface area contributed by atoms with Crippen LogP contribution in [0.3, 0.4) is 0 Å². The Hall–Kier alpha value is -1.28. The van der Waals surface area contributed by atoms with Gasteiger partial charge >= 0.3 is 0 Å². The third-order valence-electron chi connectivity index (χ3n) is 2.33. The molecule has 2 rings (SSSR count). The second-order valence-electron chi connectivity index (χ2n) is 3.74. The lowest BCUT2D eigenvalue weighted by Crippen LogP contribution is -2.24. The van der Waals surface area contributed by atoms with Crippen molar-refractivity contribution in [1.29, 1.82) is 0 Å². The molecule has 0 saturated heterocycles. The van der Waals surface area contributed by atoms with Crippen molar-refractivity contribution in [3.05, 3.63) is 40.1 Å². The number of sulfonamides is 1. The third kappa shape index (κ3) is 3.19. The summed E-state index contributed by atoms with van der Waals surface area (Å²) in [5, 5.41) is 6.55. The van der Waals surface area contributed by atoms with Gasteiger partial charge in [-0.2, -0.15) is 5.10 Å². The number of hydrogen-bond donors (Lipinski definition) is 3. The number of anilines is 1. The minimum atomic E-state index is -3.82. The normalized spacial score (nSPS) is 11.7. The van der Waals surface area contributed by atoms with Gasteiger partial charge in [0, 0.05) is 23.3 Å². The molecule has 9 heteroatoms. The average Bonchev–Trinajstić information content (AvgIpc) is 2.77. The topological polar surface area (TPSA) is 101 Å². The van der Waals surface area contributed by atoms with Crippen LogP contribution < -0.4 is 10.5 Å². The smallest absolute Gasteiger partial charge is 0.244 e. The van der Waals surface area contributed by atoms with E-state index < -0.39 is 10.0 Å². The zero-order valence-corrected chi connectivity index (χ0v) is 11.9. The van der Waals surface area contributed by atoms with Crippen LogP contribution in [0.4, 0.5) is 5.69 Å². The maximum atomic E-state index is 12.1. The number of nitrogens with two attached hydrogens (primary N) is 1. The predicted octanol–water partition coefficient (Wildman–Crippen LogP) is 1.78. The van der Waals surface area contributed by atoms with Crippen molar-refractivity contribution in [3.8, 4) is 0 Å². The summed E-state index contributed by atoms with van der Waals surface area (Å²) in [7, 11) is -3.82. The lowest BCUT2D eigenvalue weighted by Gasteiger charge is -2.10. The number of nitrogens with zero attached hydrogens (tertiary/aromatic N) is 1. The van der Waals surface area contributed by atoms with Crippen LogP contribution in [0.15, 0.2) is 29.4 Å². The molecule has 0 fully saturated rings. The zero-order valence-electron chi connectivity index (χ0n) is 9.52. The SMILES string of the molecule is Nc1cc(Cl)cc(Cl)c1S(=O)(=O)NCc1cn[nH]c1. The van der Waals surface area contributed by atoms with Gasteiger partial charge in [0.2, 0.25) is 10.0 Å². The van der Waals surface area contributed by atoms with E-state index in [1.54, 1.807) is 6.20 Å². The highest BCUT2D eigenvalue weighted by Gasteiger charge is 2.21. The first-order valence-corrected chi connectivity index (χ1v) is 7.36. The van der Waals surface area contributed by atoms with Crippen LogP contribution in [0.1, 0.15) is 5.56 Å². The van der Waals surface area contributed by atoms with Crippen LogP contribution in [0.2, 0.25) is 10.0 Å². The summed E-state index contributed by atoms with van der Waals surface area (Å²) in [6, 6.07) is 2.66. The number of aromatic nitrogens is 2. The fourth-order valence-corrected chi connectivity index (χ4v) is 3.49. The summed E-state index contributed by atoms with van der Waals surface area (Å²) in [6.07, 6.45) is 3.09. The predicted molar refractivity (Wildman–Crippen MR) is 73.5 cm³/mol. The van der Waals surface area contributed by atoms with Gasteiger partial charge in [0.05, 0.1) is 16.9 Å². The molecule has 4 N–H and O–H groups in total. The summed E-state index contributed by atoms with van der Waals surface area (Å²) >= 11 is 11.6. The number of nitrogen functional groups attached to an aromatic ring is 1. The van der Waals surface area contributed by atoms with Crippen LogP contribution in [-0.4, -0.2) is 18.6 Å². The Morgan fingerprint density at radius 1 is 1.37 bits per heavy atom. The zero-order chi connectivity index (χ0) is 14.0. The summed E-state index contributed by atoms with van der Waals surface area (Å²) in [5.74, 6) is 0. The minimum Gasteiger partial charge on any atom is -0.398 e. The van der Waals surface area contributed by atoms with Crippen molar-refractivity contribution in [2.45, 2.75) is 11.4 Å². The molecule has 0 bridgehead atoms. The first-order valence-electron chi connectivity index (χ1n) is 5.12. The third-order valence-corrected chi connectivity index (χ3v) is 4.47. The summed E-state index contributed by atoms with van der Waals surface area (Å²) < 4.78 is 26.6. The molecular weight excluding hydrogens is 311 g/mol. The van der Waals surface area contributed by atoms with Gasteiger partial charge in [-0.3, -0.25) is 5.10 Å². The van der Waals surface area contributed by atoms with E-state index >= 15 is 0 Å². The lowest BCUT2D eigenvalue weighted by atomic mass is 10.3. The Morgan fingerprint density at radius 3 is 2.68 bits per heavy atom. The molecule has 19 heavy (non-hydrogen) atoms. The Morgan fingerprint density at radius 2 is 2.11 bits per heavy atom. The largest absolute Gasteiger partial charge is 0.398 e. The Kier molecular flexibility index (Phi) is 4.00. The van der Waals surface area contributed by atoms with Gasteiger partial charge in [0.15, 0.2) is 0 Å². The van der Waals surface area contributed by atoms with Gasteiger partial charge < -0.3 is 5.73 Å². The van der Waals surface area contributed by atoms with E-state index in [0.717, 1.165) is 0 Å². The Bertz CT molecular complexity index is 663. The molecule has 102 valence electrons. The molecule has 0 aliphatic heterocycles. The Labute approximate surface area is 120 Å². The monoisotopic (exact) mass is 320 g/mol. The number of H-pyrrole nitrogens is 1. The van der Waals surface area contributed by atoms with E-state index in [-0.39, 0.29) is 27.2 Å². The van der Waals surface area contributed by atoms with Crippen molar-refractivity contribution in [3.63, 3.8) is 0 Å². The van der Waals surface area contributed by atoms with Gasteiger partial charge in [-0.1, -0.05) is 23.2 Å². The molecule has 0 saturated carbocycles. The summed E-state index contributed by atoms with van der Waals surface area (Å²) in [4.78, 5) is -0.179. The van der Waals surface area contributed by atoms with Gasteiger partial charge in [-0.15, -0.1) is 0 Å². The molecule has 1 aromatic carbocycles. The quantitative estimate of drug-likeness (QED) is 0.747. The Balaban J connectivity index is 2.29. The van der Waals surface area contributed by atoms with Gasteiger partial charge in [-0.05, 0) is 12.1 Å². The highest BCUT2D eigenvalue weighted by Crippen LogP contribution is 2.30. The standard InChI is InChI=1S/C10H10Cl2N4O2S/c11-7-1-8(12)10(9(13)2-7)19(17,18)16-5-6-3-14-15-4-6/h1-4,16H,5,13H2,(H,14,15). The maximum Gasteiger partial charge on any atom is 0.244 e. The molecule has 0 unspecified atom stereocenters. The first kappa shape index (κ1) is 14.1. The van der Waals surface area contributed by atoms with E-state index in [9.17, 15) is 8.42 Å². The molecule has 0 aliphatic rings. The van der Waals surface area contributed by atoms with Crippen LogP contribution in [-0.2, 0) is 16.6 Å². The molecule has 1 aromatic heterocycles. The van der Waals surface area contributed by atoms with Crippen LogP contribution >= 0.6 is 23.2 Å². The molecule has 2 aromatic rings. The molecule has 0 aliphatic carbocycles. The van der Waals surface area contributed by atoms with Crippen LogP contribution in [0, 0.1) is 0 Å². The summed E-state index contributed by atoms with van der Waals surface area (Å²) in [5.41, 5.74) is 6.34. The van der Waals surface area contributed by atoms with E-state index in [4.69, 9.17) is 28.9 Å². The van der Waals surface area contributed by atoms with Crippen molar-refractivity contribution in [2.24, 2.45) is 0 Å². The minimum absolute atomic E-state index is 0.00260. The molecule has 0 spiro atoms. The number of aromatic amines is 1. The van der Waals surface area contributed by atoms with Gasteiger partial charge in [-0.25, -0.2) is 13.1 Å². The molecule has 0 amide bonds. The number of benzene rings is 1. The fraction of sp³-hybridized carbons (Fsp3) is 0.100. The summed E-state index contributed by atoms with van der Waals surface area (Å²) in [6.45, 7) is 0.0806. The fourth-order valence-electron chi connectivity index (χ4n) is 1.49. The second-order valence-corrected chi connectivity index (χ2v) is 6.28. The second kappa shape index (κ2) is 5.38. The maximum absolute atomic E-state index is 12.1. The molecule has 1 heterocycles. The number of rotatable bonds is 4. The molecule has 0 radical (unpaired) electrons. The van der Waals surface area contributed by atoms with Crippen molar-refractivity contribution in [2.75, 3.05) is 5.73 Å². The van der Waals surface area contributed by atoms with E-state index in [0.29, 0.717) is 5.56 Å². The van der Waals surface area contributed by atoms with E-state index in [1.165, 1.54) is 18.3 Å². The molecule has 6 nitrogen and oxygen atoms in total. The van der Waals surface area contributed by atoms with Crippen molar-refractivity contribution < 1.29 is 8.42 Å². The number of nitrogens with one attached hydrogen (secondary N) is 2. The molecule has 0 atom stereocenters. The number of hydrogen-bond acceptors (Lipinski definition) is 4. The van der Waals surface area contributed by atoms with E-state index in [2.05, 4.69) is 14.9 Å².